The average Bonchev–Trinajstić information content (AvgIpc) is 3.22. The molecule has 0 spiro atoms. The lowest BCUT2D eigenvalue weighted by molar-refractivity contribution is -0.137. The number of hydrogen-bond donors (Lipinski definition) is 1. The number of rotatable bonds is 3. The molecule has 0 amide bonds. The minimum Gasteiger partial charge on any atom is -0.342 e. The van der Waals surface area contributed by atoms with Gasteiger partial charge in [0, 0.05) is 19.0 Å². The van der Waals surface area contributed by atoms with Crippen molar-refractivity contribution in [3.63, 3.8) is 0 Å². The SMILES string of the molecule is Cc1ccc(CN2CC[C@H](c3nc4ccc(C(F)(F)F)cc4[nH]3)C2)cc1. The highest BCUT2D eigenvalue weighted by Crippen LogP contribution is 2.32. The summed E-state index contributed by atoms with van der Waals surface area (Å²) in [5.41, 5.74) is 2.91. The van der Waals surface area contributed by atoms with Crippen LogP contribution in [0.15, 0.2) is 42.5 Å². The van der Waals surface area contributed by atoms with E-state index in [0.717, 1.165) is 44.0 Å². The number of aromatic amines is 1. The number of benzene rings is 2. The zero-order valence-corrected chi connectivity index (χ0v) is 14.5. The van der Waals surface area contributed by atoms with E-state index in [4.69, 9.17) is 0 Å². The second-order valence-corrected chi connectivity index (χ2v) is 7.06. The molecule has 3 nitrogen and oxygen atoms in total. The normalized spacial score (nSPS) is 18.7. The Bertz CT molecular complexity index is 912. The zero-order chi connectivity index (χ0) is 18.3. The van der Waals surface area contributed by atoms with Gasteiger partial charge in [-0.15, -0.1) is 0 Å². The van der Waals surface area contributed by atoms with Crippen molar-refractivity contribution in [2.24, 2.45) is 0 Å². The predicted molar refractivity (Wildman–Crippen MR) is 94.9 cm³/mol. The molecular weight excluding hydrogens is 339 g/mol. The first kappa shape index (κ1) is 17.1. The summed E-state index contributed by atoms with van der Waals surface area (Å²) in [4.78, 5) is 9.99. The molecule has 1 N–H and O–H groups in total. The summed E-state index contributed by atoms with van der Waals surface area (Å²) >= 11 is 0. The maximum absolute atomic E-state index is 12.9. The fourth-order valence-electron chi connectivity index (χ4n) is 3.55. The minimum absolute atomic E-state index is 0.224. The molecule has 6 heteroatoms. The highest BCUT2D eigenvalue weighted by molar-refractivity contribution is 5.76. The van der Waals surface area contributed by atoms with Gasteiger partial charge in [0.05, 0.1) is 16.6 Å². The molecule has 1 saturated heterocycles. The van der Waals surface area contributed by atoms with E-state index in [1.54, 1.807) is 0 Å². The lowest BCUT2D eigenvalue weighted by atomic mass is 10.1. The number of aromatic nitrogens is 2. The Kier molecular flexibility index (Phi) is 4.23. The third-order valence-electron chi connectivity index (χ3n) is 5.01. The number of H-pyrrole nitrogens is 1. The maximum Gasteiger partial charge on any atom is 0.416 e. The minimum atomic E-state index is -4.34. The molecule has 1 aliphatic rings. The third kappa shape index (κ3) is 3.46. The Morgan fingerprint density at radius 3 is 2.65 bits per heavy atom. The van der Waals surface area contributed by atoms with E-state index >= 15 is 0 Å². The molecule has 4 rings (SSSR count). The number of fused-ring (bicyclic) bond motifs is 1. The molecule has 1 fully saturated rings. The Labute approximate surface area is 149 Å². The van der Waals surface area contributed by atoms with Crippen LogP contribution in [0.2, 0.25) is 0 Å². The summed E-state index contributed by atoms with van der Waals surface area (Å²) in [6.45, 7) is 4.78. The molecule has 136 valence electrons. The zero-order valence-electron chi connectivity index (χ0n) is 14.5. The van der Waals surface area contributed by atoms with Gasteiger partial charge in [0.2, 0.25) is 0 Å². The molecule has 26 heavy (non-hydrogen) atoms. The van der Waals surface area contributed by atoms with Crippen LogP contribution in [-0.4, -0.2) is 28.0 Å². The van der Waals surface area contributed by atoms with Gasteiger partial charge in [0.15, 0.2) is 0 Å². The highest BCUT2D eigenvalue weighted by atomic mass is 19.4. The molecule has 0 aliphatic carbocycles. The van der Waals surface area contributed by atoms with E-state index in [0.29, 0.717) is 11.0 Å². The summed E-state index contributed by atoms with van der Waals surface area (Å²) in [5.74, 6) is 1.01. The third-order valence-corrected chi connectivity index (χ3v) is 5.01. The number of hydrogen-bond acceptors (Lipinski definition) is 2. The van der Waals surface area contributed by atoms with E-state index in [2.05, 4.69) is 46.1 Å². The lowest BCUT2D eigenvalue weighted by Crippen LogP contribution is -2.19. The van der Waals surface area contributed by atoms with Gasteiger partial charge in [-0.1, -0.05) is 29.8 Å². The quantitative estimate of drug-likeness (QED) is 0.723. The summed E-state index contributed by atoms with van der Waals surface area (Å²) in [6.07, 6.45) is -3.38. The van der Waals surface area contributed by atoms with Gasteiger partial charge >= 0.3 is 6.18 Å². The van der Waals surface area contributed by atoms with Crippen molar-refractivity contribution in [3.8, 4) is 0 Å². The van der Waals surface area contributed by atoms with Gasteiger partial charge in [-0.3, -0.25) is 4.90 Å². The molecule has 0 unspecified atom stereocenters. The van der Waals surface area contributed by atoms with E-state index in [1.807, 2.05) is 0 Å². The predicted octanol–water partition coefficient (Wildman–Crippen LogP) is 4.88. The van der Waals surface area contributed by atoms with E-state index in [1.165, 1.54) is 17.2 Å². The van der Waals surface area contributed by atoms with Crippen molar-refractivity contribution in [3.05, 3.63) is 65.0 Å². The van der Waals surface area contributed by atoms with Gasteiger partial charge in [0.1, 0.15) is 5.82 Å². The van der Waals surface area contributed by atoms with Crippen LogP contribution in [0.4, 0.5) is 13.2 Å². The maximum atomic E-state index is 12.9. The van der Waals surface area contributed by atoms with Gasteiger partial charge in [-0.05, 0) is 43.7 Å². The first-order valence-corrected chi connectivity index (χ1v) is 8.73. The second kappa shape index (κ2) is 6.43. The van der Waals surface area contributed by atoms with Crippen LogP contribution in [0.1, 0.15) is 34.9 Å². The molecule has 2 heterocycles. The number of imidazole rings is 1. The average molecular weight is 359 g/mol. The Hall–Kier alpha value is -2.34. The Morgan fingerprint density at radius 1 is 1.15 bits per heavy atom. The van der Waals surface area contributed by atoms with Crippen molar-refractivity contribution in [2.45, 2.75) is 32.0 Å². The number of aryl methyl sites for hydroxylation is 1. The van der Waals surface area contributed by atoms with Crippen molar-refractivity contribution in [2.75, 3.05) is 13.1 Å². The molecule has 1 aromatic heterocycles. The van der Waals surface area contributed by atoms with E-state index < -0.39 is 11.7 Å². The van der Waals surface area contributed by atoms with Crippen molar-refractivity contribution >= 4 is 11.0 Å². The standard InChI is InChI=1S/C20H20F3N3/c1-13-2-4-14(5-3-13)11-26-9-8-15(12-26)19-24-17-7-6-16(20(21,22)23)10-18(17)25-19/h2-7,10,15H,8-9,11-12H2,1H3,(H,24,25)/t15-/m0/s1. The highest BCUT2D eigenvalue weighted by Gasteiger charge is 2.31. The first-order valence-electron chi connectivity index (χ1n) is 8.73. The fraction of sp³-hybridized carbons (Fsp3) is 0.350. The molecule has 1 aliphatic heterocycles. The van der Waals surface area contributed by atoms with Crippen molar-refractivity contribution in [1.82, 2.24) is 14.9 Å². The molecule has 1 atom stereocenters. The smallest absolute Gasteiger partial charge is 0.342 e. The number of alkyl halides is 3. The van der Waals surface area contributed by atoms with Crippen molar-refractivity contribution in [1.29, 1.82) is 0 Å². The number of nitrogens with zero attached hydrogens (tertiary/aromatic N) is 2. The monoisotopic (exact) mass is 359 g/mol. The fourth-order valence-corrected chi connectivity index (χ4v) is 3.55. The van der Waals surface area contributed by atoms with Crippen LogP contribution < -0.4 is 0 Å². The summed E-state index contributed by atoms with van der Waals surface area (Å²) in [6, 6.07) is 12.2. The van der Waals surface area contributed by atoms with Crippen LogP contribution in [0.25, 0.3) is 11.0 Å². The van der Waals surface area contributed by atoms with Crippen LogP contribution >= 0.6 is 0 Å². The largest absolute Gasteiger partial charge is 0.416 e. The first-order chi connectivity index (χ1) is 12.4. The van der Waals surface area contributed by atoms with Crippen LogP contribution in [0.3, 0.4) is 0 Å². The van der Waals surface area contributed by atoms with E-state index in [-0.39, 0.29) is 5.92 Å². The van der Waals surface area contributed by atoms with E-state index in [9.17, 15) is 13.2 Å². The number of nitrogens with one attached hydrogen (secondary N) is 1. The van der Waals surface area contributed by atoms with Crippen LogP contribution in [0, 0.1) is 6.92 Å². The van der Waals surface area contributed by atoms with Crippen LogP contribution in [0.5, 0.6) is 0 Å². The molecular formula is C20H20F3N3. The van der Waals surface area contributed by atoms with Gasteiger partial charge in [0.25, 0.3) is 0 Å². The summed E-state index contributed by atoms with van der Waals surface area (Å²) < 4.78 is 38.6. The Morgan fingerprint density at radius 2 is 1.92 bits per heavy atom. The topological polar surface area (TPSA) is 31.9 Å². The molecule has 0 saturated carbocycles. The van der Waals surface area contributed by atoms with Gasteiger partial charge in [-0.2, -0.15) is 13.2 Å². The van der Waals surface area contributed by atoms with Crippen LogP contribution in [-0.2, 0) is 12.7 Å². The number of halogens is 3. The molecule has 0 radical (unpaired) electrons. The number of likely N-dealkylation sites (tertiary alicyclic amines) is 1. The molecule has 0 bridgehead atoms. The molecule has 2 aromatic carbocycles. The van der Waals surface area contributed by atoms with Gasteiger partial charge in [-0.25, -0.2) is 4.98 Å². The summed E-state index contributed by atoms with van der Waals surface area (Å²) in [5, 5.41) is 0. The Balaban J connectivity index is 1.48. The summed E-state index contributed by atoms with van der Waals surface area (Å²) in [7, 11) is 0. The van der Waals surface area contributed by atoms with Gasteiger partial charge < -0.3 is 4.98 Å². The van der Waals surface area contributed by atoms with Crippen molar-refractivity contribution < 1.29 is 13.2 Å². The second-order valence-electron chi connectivity index (χ2n) is 7.06. The molecule has 3 aromatic rings. The lowest BCUT2D eigenvalue weighted by Gasteiger charge is -2.15.